The lowest BCUT2D eigenvalue weighted by Crippen LogP contribution is -2.24. The van der Waals surface area contributed by atoms with Crippen LogP contribution in [0.5, 0.6) is 22.4 Å². The van der Waals surface area contributed by atoms with E-state index in [4.69, 9.17) is 9.47 Å². The van der Waals surface area contributed by atoms with E-state index >= 15 is 0 Å². The molecule has 0 aliphatic heterocycles. The molecule has 0 radical (unpaired) electrons. The Kier molecular flexibility index (Phi) is 5.95. The van der Waals surface area contributed by atoms with Crippen molar-refractivity contribution in [3.8, 4) is 22.4 Å². The van der Waals surface area contributed by atoms with Gasteiger partial charge in [0.05, 0.1) is 10.2 Å². The minimum absolute atomic E-state index is 0.0170. The zero-order valence-electron chi connectivity index (χ0n) is 16.8. The Morgan fingerprint density at radius 2 is 1.63 bits per heavy atom. The second-order valence-electron chi connectivity index (χ2n) is 7.03. The molecule has 1 amide bonds. The molecule has 4 rings (SSSR count). The standard InChI is InChI=1S/C24H22N2O3S/c1-16(15-25-17(2)27)18-8-13-22-23(14-18)30-24(26-22)29-21-11-9-20(10-12-21)28-19-6-4-3-5-7-19/h3-14,16H,15H2,1-2H3,(H,25,27). The maximum absolute atomic E-state index is 11.1. The third kappa shape index (κ3) is 4.96. The third-order valence-corrected chi connectivity index (χ3v) is 5.52. The number of carbonyl (C=O) groups excluding carboxylic acids is 1. The topological polar surface area (TPSA) is 60.5 Å². The van der Waals surface area contributed by atoms with Crippen LogP contribution in [0, 0.1) is 0 Å². The highest BCUT2D eigenvalue weighted by Gasteiger charge is 2.11. The Morgan fingerprint density at radius 1 is 0.967 bits per heavy atom. The first-order chi connectivity index (χ1) is 14.6. The van der Waals surface area contributed by atoms with Crippen molar-refractivity contribution < 1.29 is 14.3 Å². The fourth-order valence-corrected chi connectivity index (χ4v) is 3.87. The van der Waals surface area contributed by atoms with Crippen molar-refractivity contribution in [1.82, 2.24) is 10.3 Å². The summed E-state index contributed by atoms with van der Waals surface area (Å²) in [5.41, 5.74) is 2.06. The molecule has 0 bridgehead atoms. The number of rotatable bonds is 7. The van der Waals surface area contributed by atoms with Gasteiger partial charge in [-0.3, -0.25) is 4.79 Å². The number of ether oxygens (including phenoxy) is 2. The Balaban J connectivity index is 1.44. The molecular formula is C24H22N2O3S. The number of nitrogens with one attached hydrogen (secondary N) is 1. The average molecular weight is 419 g/mol. The van der Waals surface area contributed by atoms with Gasteiger partial charge in [0, 0.05) is 13.5 Å². The van der Waals surface area contributed by atoms with E-state index in [9.17, 15) is 4.79 Å². The number of fused-ring (bicyclic) bond motifs is 1. The molecule has 30 heavy (non-hydrogen) atoms. The molecular weight excluding hydrogens is 396 g/mol. The SMILES string of the molecule is CC(=O)NCC(C)c1ccc2nc(Oc3ccc(Oc4ccccc4)cc3)sc2c1. The van der Waals surface area contributed by atoms with Gasteiger partial charge < -0.3 is 14.8 Å². The van der Waals surface area contributed by atoms with E-state index in [2.05, 4.69) is 23.3 Å². The monoisotopic (exact) mass is 418 g/mol. The number of carbonyl (C=O) groups is 1. The van der Waals surface area contributed by atoms with Gasteiger partial charge in [0.1, 0.15) is 17.2 Å². The highest BCUT2D eigenvalue weighted by atomic mass is 32.1. The quantitative estimate of drug-likeness (QED) is 0.393. The molecule has 4 aromatic rings. The Bertz CT molecular complexity index is 1140. The van der Waals surface area contributed by atoms with Crippen LogP contribution >= 0.6 is 11.3 Å². The van der Waals surface area contributed by atoms with Gasteiger partial charge in [-0.15, -0.1) is 0 Å². The lowest BCUT2D eigenvalue weighted by atomic mass is 10.0. The largest absolute Gasteiger partial charge is 0.457 e. The first-order valence-corrected chi connectivity index (χ1v) is 10.5. The number of hydrogen-bond donors (Lipinski definition) is 1. The average Bonchev–Trinajstić information content (AvgIpc) is 3.15. The van der Waals surface area contributed by atoms with Gasteiger partial charge in [0.25, 0.3) is 5.19 Å². The number of benzene rings is 3. The van der Waals surface area contributed by atoms with Gasteiger partial charge >= 0.3 is 0 Å². The molecule has 152 valence electrons. The van der Waals surface area contributed by atoms with Crippen LogP contribution in [0.15, 0.2) is 72.8 Å². The summed E-state index contributed by atoms with van der Waals surface area (Å²) in [4.78, 5) is 15.7. The molecule has 0 spiro atoms. The van der Waals surface area contributed by atoms with E-state index in [-0.39, 0.29) is 11.8 Å². The predicted octanol–water partition coefficient (Wildman–Crippen LogP) is 6.12. The van der Waals surface area contributed by atoms with Gasteiger partial charge in [0.15, 0.2) is 0 Å². The van der Waals surface area contributed by atoms with Crippen molar-refractivity contribution in [3.05, 3.63) is 78.4 Å². The first-order valence-electron chi connectivity index (χ1n) is 9.72. The molecule has 3 aromatic carbocycles. The third-order valence-electron chi connectivity index (χ3n) is 4.63. The summed E-state index contributed by atoms with van der Waals surface area (Å²) in [6, 6.07) is 23.3. The van der Waals surface area contributed by atoms with Gasteiger partial charge in [-0.1, -0.05) is 42.5 Å². The van der Waals surface area contributed by atoms with Crippen LogP contribution in [0.2, 0.25) is 0 Å². The van der Waals surface area contributed by atoms with Crippen molar-refractivity contribution in [1.29, 1.82) is 0 Å². The molecule has 0 aliphatic carbocycles. The normalized spacial score (nSPS) is 11.8. The Labute approximate surface area is 179 Å². The summed E-state index contributed by atoms with van der Waals surface area (Å²) < 4.78 is 12.8. The molecule has 1 N–H and O–H groups in total. The molecule has 0 aliphatic rings. The molecule has 1 aromatic heterocycles. The molecule has 6 heteroatoms. The number of nitrogens with zero attached hydrogens (tertiary/aromatic N) is 1. The second kappa shape index (κ2) is 8.97. The zero-order chi connectivity index (χ0) is 20.9. The molecule has 0 saturated heterocycles. The summed E-state index contributed by atoms with van der Waals surface area (Å²) in [6.07, 6.45) is 0. The maximum Gasteiger partial charge on any atom is 0.279 e. The van der Waals surface area contributed by atoms with Crippen LogP contribution < -0.4 is 14.8 Å². The molecule has 1 unspecified atom stereocenters. The molecule has 1 heterocycles. The van der Waals surface area contributed by atoms with Crippen molar-refractivity contribution in [2.24, 2.45) is 0 Å². The van der Waals surface area contributed by atoms with E-state index in [1.807, 2.05) is 66.7 Å². The smallest absolute Gasteiger partial charge is 0.279 e. The minimum Gasteiger partial charge on any atom is -0.457 e. The van der Waals surface area contributed by atoms with E-state index in [1.54, 1.807) is 0 Å². The Hall–Kier alpha value is -3.38. The first kappa shape index (κ1) is 19.9. The lowest BCUT2D eigenvalue weighted by Gasteiger charge is -2.11. The van der Waals surface area contributed by atoms with Crippen molar-refractivity contribution in [3.63, 3.8) is 0 Å². The van der Waals surface area contributed by atoms with Crippen LogP contribution in [-0.2, 0) is 4.79 Å². The number of thiazole rings is 1. The van der Waals surface area contributed by atoms with Crippen LogP contribution in [0.1, 0.15) is 25.3 Å². The van der Waals surface area contributed by atoms with Crippen molar-refractivity contribution in [2.75, 3.05) is 6.54 Å². The van der Waals surface area contributed by atoms with Gasteiger partial charge in [-0.2, -0.15) is 0 Å². The Morgan fingerprint density at radius 3 is 2.33 bits per heavy atom. The van der Waals surface area contributed by atoms with Crippen molar-refractivity contribution in [2.45, 2.75) is 19.8 Å². The van der Waals surface area contributed by atoms with Gasteiger partial charge in [-0.05, 0) is 60.0 Å². The minimum atomic E-state index is -0.0170. The lowest BCUT2D eigenvalue weighted by molar-refractivity contribution is -0.119. The molecule has 1 atom stereocenters. The second-order valence-corrected chi connectivity index (χ2v) is 8.03. The predicted molar refractivity (Wildman–Crippen MR) is 120 cm³/mol. The summed E-state index contributed by atoms with van der Waals surface area (Å²) >= 11 is 1.50. The van der Waals surface area contributed by atoms with E-state index in [0.717, 1.165) is 27.3 Å². The maximum atomic E-state index is 11.1. The molecule has 0 saturated carbocycles. The fourth-order valence-electron chi connectivity index (χ4n) is 2.99. The van der Waals surface area contributed by atoms with Crippen LogP contribution in [0.3, 0.4) is 0 Å². The van der Waals surface area contributed by atoms with Crippen LogP contribution in [0.4, 0.5) is 0 Å². The summed E-state index contributed by atoms with van der Waals surface area (Å²) in [6.45, 7) is 4.23. The van der Waals surface area contributed by atoms with E-state index in [0.29, 0.717) is 17.5 Å². The highest BCUT2D eigenvalue weighted by molar-refractivity contribution is 7.20. The zero-order valence-corrected chi connectivity index (χ0v) is 17.6. The van der Waals surface area contributed by atoms with E-state index < -0.39 is 0 Å². The summed E-state index contributed by atoms with van der Waals surface area (Å²) in [7, 11) is 0. The van der Waals surface area contributed by atoms with Gasteiger partial charge in [0.2, 0.25) is 5.91 Å². The van der Waals surface area contributed by atoms with Gasteiger partial charge in [-0.25, -0.2) is 4.98 Å². The van der Waals surface area contributed by atoms with Crippen LogP contribution in [-0.4, -0.2) is 17.4 Å². The van der Waals surface area contributed by atoms with E-state index in [1.165, 1.54) is 18.3 Å². The fraction of sp³-hybridized carbons (Fsp3) is 0.167. The summed E-state index contributed by atoms with van der Waals surface area (Å²) in [5.74, 6) is 2.45. The van der Waals surface area contributed by atoms with Crippen molar-refractivity contribution >= 4 is 27.5 Å². The number of aromatic nitrogens is 1. The molecule has 5 nitrogen and oxygen atoms in total. The number of hydrogen-bond acceptors (Lipinski definition) is 5. The highest BCUT2D eigenvalue weighted by Crippen LogP contribution is 2.34. The number of amides is 1. The number of para-hydroxylation sites is 1. The summed E-state index contributed by atoms with van der Waals surface area (Å²) in [5, 5.41) is 3.45. The molecule has 0 fully saturated rings. The van der Waals surface area contributed by atoms with Crippen LogP contribution in [0.25, 0.3) is 10.2 Å².